The van der Waals surface area contributed by atoms with Crippen molar-refractivity contribution in [3.8, 4) is 5.75 Å². The zero-order valence-electron chi connectivity index (χ0n) is 11.1. The first kappa shape index (κ1) is 14.2. The molecule has 0 bridgehead atoms. The van der Waals surface area contributed by atoms with E-state index in [9.17, 15) is 5.11 Å². The summed E-state index contributed by atoms with van der Waals surface area (Å²) in [4.78, 5) is 0. The Morgan fingerprint density at radius 2 is 1.86 bits per heavy atom. The number of phenols is 1. The molecule has 0 unspecified atom stereocenters. The molecule has 0 amide bonds. The lowest BCUT2D eigenvalue weighted by Crippen LogP contribution is -2.00. The molecule has 0 aliphatic heterocycles. The van der Waals surface area contributed by atoms with E-state index in [0.717, 1.165) is 26.5 Å². The average Bonchev–Trinajstić information content (AvgIpc) is 2.50. The second-order valence-electron chi connectivity index (χ2n) is 4.77. The van der Waals surface area contributed by atoms with E-state index in [1.54, 1.807) is 6.07 Å². The number of benzene rings is 3. The topological polar surface area (TPSA) is 32.3 Å². The fourth-order valence-corrected chi connectivity index (χ4v) is 2.80. The Labute approximate surface area is 136 Å². The van der Waals surface area contributed by atoms with E-state index in [1.165, 1.54) is 0 Å². The molecule has 3 rings (SSSR count). The maximum atomic E-state index is 10.1. The lowest BCUT2D eigenvalue weighted by Gasteiger charge is -2.12. The third-order valence-corrected chi connectivity index (χ3v) is 4.62. The van der Waals surface area contributed by atoms with Gasteiger partial charge in [0.05, 0.1) is 5.02 Å². The molecule has 0 aliphatic carbocycles. The lowest BCUT2D eigenvalue weighted by atomic mass is 10.0. The van der Waals surface area contributed by atoms with Gasteiger partial charge in [-0.05, 0) is 51.0 Å². The van der Waals surface area contributed by atoms with Gasteiger partial charge in [0, 0.05) is 22.3 Å². The molecule has 0 saturated heterocycles. The number of nitrogens with one attached hydrogen (secondary N) is 1. The SMILES string of the molecule is Oc1ccc2ccccc2c1CNc1ccc(Cl)c(Br)c1. The van der Waals surface area contributed by atoms with Crippen molar-refractivity contribution in [2.45, 2.75) is 6.54 Å². The van der Waals surface area contributed by atoms with Crippen LogP contribution in [-0.4, -0.2) is 5.11 Å². The van der Waals surface area contributed by atoms with Gasteiger partial charge in [0.1, 0.15) is 5.75 Å². The summed E-state index contributed by atoms with van der Waals surface area (Å²) >= 11 is 9.39. The third-order valence-electron chi connectivity index (χ3n) is 3.40. The lowest BCUT2D eigenvalue weighted by molar-refractivity contribution is 0.470. The maximum absolute atomic E-state index is 10.1. The van der Waals surface area contributed by atoms with E-state index in [1.807, 2.05) is 48.5 Å². The van der Waals surface area contributed by atoms with Gasteiger partial charge in [0.25, 0.3) is 0 Å². The molecular weight excluding hydrogens is 350 g/mol. The second-order valence-corrected chi connectivity index (χ2v) is 6.03. The highest BCUT2D eigenvalue weighted by atomic mass is 79.9. The standard InChI is InChI=1S/C17H13BrClNO/c18-15-9-12(6-7-16(15)19)20-10-14-13-4-2-1-3-11(13)5-8-17(14)21/h1-9,20-21H,10H2. The molecule has 2 nitrogen and oxygen atoms in total. The van der Waals surface area contributed by atoms with Gasteiger partial charge >= 0.3 is 0 Å². The molecule has 0 spiro atoms. The molecule has 2 N–H and O–H groups in total. The number of phenolic OH excluding ortho intramolecular Hbond substituents is 1. The first-order valence-corrected chi connectivity index (χ1v) is 7.71. The van der Waals surface area contributed by atoms with Gasteiger partial charge < -0.3 is 10.4 Å². The van der Waals surface area contributed by atoms with Crippen molar-refractivity contribution in [2.24, 2.45) is 0 Å². The fraction of sp³-hybridized carbons (Fsp3) is 0.0588. The summed E-state index contributed by atoms with van der Waals surface area (Å²) in [6.07, 6.45) is 0. The van der Waals surface area contributed by atoms with Gasteiger partial charge in [0.15, 0.2) is 0 Å². The highest BCUT2D eigenvalue weighted by Crippen LogP contribution is 2.29. The molecule has 0 fully saturated rings. The summed E-state index contributed by atoms with van der Waals surface area (Å²) in [7, 11) is 0. The molecule has 0 heterocycles. The van der Waals surface area contributed by atoms with Crippen molar-refractivity contribution >= 4 is 44.0 Å². The van der Waals surface area contributed by atoms with Crippen molar-refractivity contribution < 1.29 is 5.11 Å². The monoisotopic (exact) mass is 361 g/mol. The van der Waals surface area contributed by atoms with Crippen molar-refractivity contribution in [3.05, 3.63) is 69.7 Å². The van der Waals surface area contributed by atoms with Crippen LogP contribution in [0.2, 0.25) is 5.02 Å². The van der Waals surface area contributed by atoms with Gasteiger partial charge in [-0.25, -0.2) is 0 Å². The number of hydrogen-bond donors (Lipinski definition) is 2. The molecular formula is C17H13BrClNO. The van der Waals surface area contributed by atoms with E-state index < -0.39 is 0 Å². The molecule has 4 heteroatoms. The van der Waals surface area contributed by atoms with E-state index in [4.69, 9.17) is 11.6 Å². The molecule has 0 aromatic heterocycles. The number of anilines is 1. The van der Waals surface area contributed by atoms with E-state index in [2.05, 4.69) is 21.2 Å². The predicted molar refractivity (Wildman–Crippen MR) is 92.1 cm³/mol. The van der Waals surface area contributed by atoms with Crippen LogP contribution >= 0.6 is 27.5 Å². The summed E-state index contributed by atoms with van der Waals surface area (Å²) in [6.45, 7) is 0.543. The molecule has 3 aromatic rings. The number of fused-ring (bicyclic) bond motifs is 1. The van der Waals surface area contributed by atoms with Gasteiger partial charge in [-0.15, -0.1) is 0 Å². The van der Waals surface area contributed by atoms with Gasteiger partial charge in [-0.2, -0.15) is 0 Å². The minimum Gasteiger partial charge on any atom is -0.508 e. The summed E-state index contributed by atoms with van der Waals surface area (Å²) in [5.41, 5.74) is 1.83. The molecule has 0 aliphatic rings. The Balaban J connectivity index is 1.91. The smallest absolute Gasteiger partial charge is 0.121 e. The van der Waals surface area contributed by atoms with Gasteiger partial charge in [-0.1, -0.05) is 41.9 Å². The minimum atomic E-state index is 0.300. The fourth-order valence-electron chi connectivity index (χ4n) is 2.31. The summed E-state index contributed by atoms with van der Waals surface area (Å²) in [5.74, 6) is 0.300. The van der Waals surface area contributed by atoms with Crippen LogP contribution < -0.4 is 5.32 Å². The Morgan fingerprint density at radius 1 is 1.05 bits per heavy atom. The largest absolute Gasteiger partial charge is 0.508 e. The quantitative estimate of drug-likeness (QED) is 0.638. The normalized spacial score (nSPS) is 10.8. The first-order valence-electron chi connectivity index (χ1n) is 6.53. The van der Waals surface area contributed by atoms with Crippen LogP contribution in [0.4, 0.5) is 5.69 Å². The van der Waals surface area contributed by atoms with Crippen LogP contribution in [0.25, 0.3) is 10.8 Å². The van der Waals surface area contributed by atoms with Crippen LogP contribution in [0.15, 0.2) is 59.1 Å². The van der Waals surface area contributed by atoms with Crippen LogP contribution in [0, 0.1) is 0 Å². The summed E-state index contributed by atoms with van der Waals surface area (Å²) < 4.78 is 0.844. The van der Waals surface area contributed by atoms with Crippen molar-refractivity contribution in [2.75, 3.05) is 5.32 Å². The first-order chi connectivity index (χ1) is 10.1. The van der Waals surface area contributed by atoms with Crippen LogP contribution in [0.1, 0.15) is 5.56 Å². The Hall–Kier alpha value is -1.71. The van der Waals surface area contributed by atoms with Gasteiger partial charge in [-0.3, -0.25) is 0 Å². The Morgan fingerprint density at radius 3 is 2.67 bits per heavy atom. The number of halogens is 2. The number of rotatable bonds is 3. The maximum Gasteiger partial charge on any atom is 0.121 e. The van der Waals surface area contributed by atoms with Crippen molar-refractivity contribution in [3.63, 3.8) is 0 Å². The van der Waals surface area contributed by atoms with Crippen molar-refractivity contribution in [1.29, 1.82) is 0 Å². The molecule has 21 heavy (non-hydrogen) atoms. The molecule has 106 valence electrons. The second kappa shape index (κ2) is 5.96. The van der Waals surface area contributed by atoms with Crippen LogP contribution in [-0.2, 0) is 6.54 Å². The zero-order valence-corrected chi connectivity index (χ0v) is 13.4. The number of hydrogen-bond acceptors (Lipinski definition) is 2. The molecule has 3 aromatic carbocycles. The average molecular weight is 363 g/mol. The van der Waals surface area contributed by atoms with E-state index in [0.29, 0.717) is 17.3 Å². The zero-order chi connectivity index (χ0) is 14.8. The van der Waals surface area contributed by atoms with Crippen LogP contribution in [0.5, 0.6) is 5.75 Å². The highest BCUT2D eigenvalue weighted by Gasteiger charge is 2.07. The molecule has 0 radical (unpaired) electrons. The Bertz CT molecular complexity index is 804. The predicted octanol–water partition coefficient (Wildman–Crippen LogP) is 5.57. The van der Waals surface area contributed by atoms with Gasteiger partial charge in [0.2, 0.25) is 0 Å². The number of aromatic hydroxyl groups is 1. The summed E-state index contributed by atoms with van der Waals surface area (Å²) in [5, 5.41) is 16.3. The van der Waals surface area contributed by atoms with Crippen LogP contribution in [0.3, 0.4) is 0 Å². The van der Waals surface area contributed by atoms with E-state index in [-0.39, 0.29) is 0 Å². The van der Waals surface area contributed by atoms with E-state index >= 15 is 0 Å². The van der Waals surface area contributed by atoms with Crippen molar-refractivity contribution in [1.82, 2.24) is 0 Å². The summed E-state index contributed by atoms with van der Waals surface area (Å²) in [6, 6.07) is 17.3. The minimum absolute atomic E-state index is 0.300. The molecule has 0 saturated carbocycles. The third kappa shape index (κ3) is 2.99. The highest BCUT2D eigenvalue weighted by molar-refractivity contribution is 9.10. The molecule has 0 atom stereocenters. The Kier molecular flexibility index (Phi) is 4.04.